The minimum absolute atomic E-state index is 0.0562. The van der Waals surface area contributed by atoms with Gasteiger partial charge in [-0.25, -0.2) is 14.8 Å². The molecule has 6 heteroatoms. The summed E-state index contributed by atoms with van der Waals surface area (Å²) in [6.07, 6.45) is 6.08. The molecule has 1 aliphatic carbocycles. The summed E-state index contributed by atoms with van der Waals surface area (Å²) in [5.74, 6) is -1.33. The summed E-state index contributed by atoms with van der Waals surface area (Å²) in [5.41, 5.74) is 1.03. The number of aromatic nitrogens is 2. The summed E-state index contributed by atoms with van der Waals surface area (Å²) in [6, 6.07) is -0.804. The van der Waals surface area contributed by atoms with Crippen molar-refractivity contribution in [3.8, 4) is 0 Å². The van der Waals surface area contributed by atoms with E-state index in [9.17, 15) is 9.59 Å². The molecule has 0 spiro atoms. The zero-order valence-corrected chi connectivity index (χ0v) is 10.8. The van der Waals surface area contributed by atoms with Gasteiger partial charge in [0, 0.05) is 6.20 Å². The maximum absolute atomic E-state index is 12.1. The van der Waals surface area contributed by atoms with E-state index >= 15 is 0 Å². The molecule has 1 atom stereocenters. The monoisotopic (exact) mass is 263 g/mol. The van der Waals surface area contributed by atoms with Crippen LogP contribution in [0.3, 0.4) is 0 Å². The highest BCUT2D eigenvalue weighted by Gasteiger charge is 2.37. The molecule has 6 nitrogen and oxygen atoms in total. The van der Waals surface area contributed by atoms with Crippen molar-refractivity contribution in [1.82, 2.24) is 15.3 Å². The summed E-state index contributed by atoms with van der Waals surface area (Å²) in [7, 11) is 0. The first-order chi connectivity index (χ1) is 9.13. The Morgan fingerprint density at radius 2 is 2.26 bits per heavy atom. The maximum Gasteiger partial charge on any atom is 0.326 e. The van der Waals surface area contributed by atoms with E-state index in [0.29, 0.717) is 17.7 Å². The second-order valence-electron chi connectivity index (χ2n) is 4.76. The van der Waals surface area contributed by atoms with Gasteiger partial charge in [0.05, 0.1) is 11.3 Å². The van der Waals surface area contributed by atoms with Gasteiger partial charge in [-0.2, -0.15) is 0 Å². The van der Waals surface area contributed by atoms with Crippen LogP contribution in [0.5, 0.6) is 0 Å². The molecule has 1 fully saturated rings. The molecule has 102 valence electrons. The van der Waals surface area contributed by atoms with Crippen molar-refractivity contribution in [2.24, 2.45) is 5.92 Å². The van der Waals surface area contributed by atoms with E-state index in [0.717, 1.165) is 19.3 Å². The molecule has 2 rings (SSSR count). The molecular weight excluding hydrogens is 246 g/mol. The highest BCUT2D eigenvalue weighted by atomic mass is 16.4. The first kappa shape index (κ1) is 13.5. The van der Waals surface area contributed by atoms with Gasteiger partial charge in [-0.3, -0.25) is 4.79 Å². The molecule has 0 aromatic carbocycles. The molecule has 2 N–H and O–H groups in total. The van der Waals surface area contributed by atoms with Gasteiger partial charge < -0.3 is 10.4 Å². The minimum Gasteiger partial charge on any atom is -0.480 e. The molecule has 0 aliphatic heterocycles. The van der Waals surface area contributed by atoms with Crippen LogP contribution in [0, 0.1) is 5.92 Å². The normalized spacial score (nSPS) is 15.8. The molecule has 1 heterocycles. The molecule has 1 aromatic rings. The molecule has 1 amide bonds. The molecule has 0 bridgehead atoms. The van der Waals surface area contributed by atoms with Gasteiger partial charge in [-0.1, -0.05) is 13.3 Å². The Hall–Kier alpha value is -1.98. The van der Waals surface area contributed by atoms with Gasteiger partial charge in [0.1, 0.15) is 12.4 Å². The Labute approximate surface area is 111 Å². The fraction of sp³-hybridized carbons (Fsp3) is 0.538. The predicted octanol–water partition coefficient (Wildman–Crippen LogP) is 1.02. The lowest BCUT2D eigenvalue weighted by molar-refractivity contribution is -0.139. The number of hydrogen-bond acceptors (Lipinski definition) is 4. The average molecular weight is 263 g/mol. The summed E-state index contributed by atoms with van der Waals surface area (Å²) in [5, 5.41) is 11.7. The number of amides is 1. The van der Waals surface area contributed by atoms with Crippen LogP contribution in [-0.2, 0) is 11.2 Å². The third-order valence-electron chi connectivity index (χ3n) is 3.17. The highest BCUT2D eigenvalue weighted by Crippen LogP contribution is 2.32. The molecule has 0 radical (unpaired) electrons. The standard InChI is InChI=1S/C13H17N3O3/c1-2-3-10-9(6-14-7-15-10)12(17)16-11(13(18)19)8-4-5-8/h6-8,11H,2-5H2,1H3,(H,16,17)(H,18,19)/t11-/m0/s1. The molecule has 19 heavy (non-hydrogen) atoms. The number of nitrogens with one attached hydrogen (secondary N) is 1. The van der Waals surface area contributed by atoms with Gasteiger partial charge in [-0.05, 0) is 25.2 Å². The van der Waals surface area contributed by atoms with Crippen LogP contribution in [0.4, 0.5) is 0 Å². The van der Waals surface area contributed by atoms with Gasteiger partial charge in [0.25, 0.3) is 5.91 Å². The molecule has 1 aliphatic rings. The van der Waals surface area contributed by atoms with E-state index in [2.05, 4.69) is 15.3 Å². The van der Waals surface area contributed by atoms with Crippen LogP contribution in [0.25, 0.3) is 0 Å². The second kappa shape index (κ2) is 5.77. The zero-order chi connectivity index (χ0) is 13.8. The Morgan fingerprint density at radius 1 is 1.53 bits per heavy atom. The molecule has 0 saturated heterocycles. The minimum atomic E-state index is -0.982. The highest BCUT2D eigenvalue weighted by molar-refractivity contribution is 5.97. The smallest absolute Gasteiger partial charge is 0.326 e. The van der Waals surface area contributed by atoms with Gasteiger partial charge in [0.15, 0.2) is 0 Å². The van der Waals surface area contributed by atoms with Crippen LogP contribution in [0.15, 0.2) is 12.5 Å². The summed E-state index contributed by atoms with van der Waals surface area (Å²) in [6.45, 7) is 1.99. The number of aryl methyl sites for hydroxylation is 1. The number of rotatable bonds is 6. The van der Waals surface area contributed by atoms with E-state index in [4.69, 9.17) is 5.11 Å². The maximum atomic E-state index is 12.1. The van der Waals surface area contributed by atoms with Crippen LogP contribution in [0.2, 0.25) is 0 Å². The van der Waals surface area contributed by atoms with Crippen molar-refractivity contribution in [1.29, 1.82) is 0 Å². The number of aliphatic carboxylic acids is 1. The van der Waals surface area contributed by atoms with Crippen molar-refractivity contribution in [3.05, 3.63) is 23.8 Å². The summed E-state index contributed by atoms with van der Waals surface area (Å²) >= 11 is 0. The molecule has 1 saturated carbocycles. The number of carbonyl (C=O) groups is 2. The van der Waals surface area contributed by atoms with Crippen molar-refractivity contribution in [2.75, 3.05) is 0 Å². The van der Waals surface area contributed by atoms with Gasteiger partial charge in [-0.15, -0.1) is 0 Å². The predicted molar refractivity (Wildman–Crippen MR) is 67.6 cm³/mol. The molecule has 1 aromatic heterocycles. The largest absolute Gasteiger partial charge is 0.480 e. The first-order valence-electron chi connectivity index (χ1n) is 6.46. The molecule has 0 unspecified atom stereocenters. The van der Waals surface area contributed by atoms with Crippen LogP contribution in [0.1, 0.15) is 42.2 Å². The molecular formula is C13H17N3O3. The Kier molecular flexibility index (Phi) is 4.09. The van der Waals surface area contributed by atoms with Crippen LogP contribution < -0.4 is 5.32 Å². The summed E-state index contributed by atoms with van der Waals surface area (Å²) < 4.78 is 0. The Balaban J connectivity index is 2.12. The lowest BCUT2D eigenvalue weighted by Crippen LogP contribution is -2.42. The van der Waals surface area contributed by atoms with E-state index < -0.39 is 17.9 Å². The SMILES string of the molecule is CCCc1ncncc1C(=O)N[C@H](C(=O)O)C1CC1. The van der Waals surface area contributed by atoms with Crippen LogP contribution in [-0.4, -0.2) is 33.0 Å². The third-order valence-corrected chi connectivity index (χ3v) is 3.17. The van der Waals surface area contributed by atoms with Gasteiger partial charge >= 0.3 is 5.97 Å². The Morgan fingerprint density at radius 3 is 2.84 bits per heavy atom. The quantitative estimate of drug-likeness (QED) is 0.799. The summed E-state index contributed by atoms with van der Waals surface area (Å²) in [4.78, 5) is 31.2. The zero-order valence-electron chi connectivity index (χ0n) is 10.8. The lowest BCUT2D eigenvalue weighted by Gasteiger charge is -2.14. The topological polar surface area (TPSA) is 92.2 Å². The first-order valence-corrected chi connectivity index (χ1v) is 6.46. The van der Waals surface area contributed by atoms with Crippen molar-refractivity contribution < 1.29 is 14.7 Å². The second-order valence-corrected chi connectivity index (χ2v) is 4.76. The number of hydrogen-bond donors (Lipinski definition) is 2. The van der Waals surface area contributed by atoms with E-state index in [1.807, 2.05) is 6.92 Å². The lowest BCUT2D eigenvalue weighted by atomic mass is 10.1. The fourth-order valence-electron chi connectivity index (χ4n) is 2.01. The number of carboxylic acids is 1. The van der Waals surface area contributed by atoms with Crippen molar-refractivity contribution >= 4 is 11.9 Å². The van der Waals surface area contributed by atoms with E-state index in [1.54, 1.807) is 0 Å². The van der Waals surface area contributed by atoms with Crippen molar-refractivity contribution in [3.63, 3.8) is 0 Å². The van der Waals surface area contributed by atoms with E-state index in [-0.39, 0.29) is 5.92 Å². The fourth-order valence-corrected chi connectivity index (χ4v) is 2.01. The number of carboxylic acid groups (broad SMARTS) is 1. The Bertz CT molecular complexity index is 486. The van der Waals surface area contributed by atoms with Crippen molar-refractivity contribution in [2.45, 2.75) is 38.6 Å². The number of nitrogens with zero attached hydrogens (tertiary/aromatic N) is 2. The van der Waals surface area contributed by atoms with E-state index in [1.165, 1.54) is 12.5 Å². The average Bonchev–Trinajstić information content (AvgIpc) is 3.20. The number of carbonyl (C=O) groups excluding carboxylic acids is 1. The third kappa shape index (κ3) is 3.27. The van der Waals surface area contributed by atoms with Crippen LogP contribution >= 0.6 is 0 Å². The van der Waals surface area contributed by atoms with Gasteiger partial charge in [0.2, 0.25) is 0 Å².